The van der Waals surface area contributed by atoms with Crippen molar-refractivity contribution in [2.24, 2.45) is 0 Å². The number of aliphatic hydroxyl groups is 3. The first-order valence-corrected chi connectivity index (χ1v) is 7.18. The second-order valence-electron chi connectivity index (χ2n) is 5.05. The summed E-state index contributed by atoms with van der Waals surface area (Å²) in [5.41, 5.74) is 0.906. The average Bonchev–Trinajstić information content (AvgIpc) is 2.54. The molecule has 0 aromatic heterocycles. The Morgan fingerprint density at radius 2 is 1.91 bits per heavy atom. The first-order chi connectivity index (χ1) is 11.0. The van der Waals surface area contributed by atoms with Crippen LogP contribution in [0.3, 0.4) is 0 Å². The van der Waals surface area contributed by atoms with Gasteiger partial charge in [-0.3, -0.25) is 4.79 Å². The lowest BCUT2D eigenvalue weighted by molar-refractivity contribution is -0.0429. The van der Waals surface area contributed by atoms with E-state index in [1.807, 2.05) is 0 Å². The number of benzene rings is 2. The van der Waals surface area contributed by atoms with Gasteiger partial charge in [0.15, 0.2) is 6.29 Å². The molecule has 6 heteroatoms. The Hall–Kier alpha value is -2.28. The third-order valence-corrected chi connectivity index (χ3v) is 3.40. The fourth-order valence-corrected chi connectivity index (χ4v) is 2.22. The van der Waals surface area contributed by atoms with E-state index in [-0.39, 0.29) is 23.4 Å². The first kappa shape index (κ1) is 17.1. The Balaban J connectivity index is 2.16. The van der Waals surface area contributed by atoms with E-state index < -0.39 is 18.0 Å². The molecule has 0 radical (unpaired) electrons. The monoisotopic (exact) mass is 319 g/mol. The van der Waals surface area contributed by atoms with E-state index in [2.05, 4.69) is 5.32 Å². The fourth-order valence-electron chi connectivity index (χ4n) is 2.22. The lowest BCUT2D eigenvalue weighted by atomic mass is 10.1. The van der Waals surface area contributed by atoms with Crippen molar-refractivity contribution in [3.63, 3.8) is 0 Å². The average molecular weight is 319 g/mol. The number of aliphatic hydroxyl groups excluding tert-OH is 2. The molecule has 2 aromatic carbocycles. The normalized spacial score (nSPS) is 10.8. The Labute approximate surface area is 133 Å². The van der Waals surface area contributed by atoms with Crippen molar-refractivity contribution in [3.05, 3.63) is 65.0 Å². The SMILES string of the molecule is O=C(Nc1ccc(CCCO)c(F)c1)c1ccccc1C(O)O. The number of hydrogen-bond acceptors (Lipinski definition) is 4. The number of carbonyl (C=O) groups excluding carboxylic acids is 1. The Bertz CT molecular complexity index is 688. The van der Waals surface area contributed by atoms with Crippen molar-refractivity contribution < 1.29 is 24.5 Å². The molecule has 5 nitrogen and oxygen atoms in total. The van der Waals surface area contributed by atoms with E-state index in [9.17, 15) is 19.4 Å². The third-order valence-electron chi connectivity index (χ3n) is 3.40. The van der Waals surface area contributed by atoms with Gasteiger partial charge in [-0.25, -0.2) is 4.39 Å². The Kier molecular flexibility index (Phi) is 5.81. The molecule has 122 valence electrons. The zero-order valence-electron chi connectivity index (χ0n) is 12.4. The lowest BCUT2D eigenvalue weighted by Gasteiger charge is -2.12. The number of nitrogens with one attached hydrogen (secondary N) is 1. The van der Waals surface area contributed by atoms with Gasteiger partial charge in [0.05, 0.1) is 0 Å². The van der Waals surface area contributed by atoms with Crippen molar-refractivity contribution in [1.29, 1.82) is 0 Å². The van der Waals surface area contributed by atoms with E-state index >= 15 is 0 Å². The van der Waals surface area contributed by atoms with Crippen LogP contribution in [-0.4, -0.2) is 27.8 Å². The second kappa shape index (κ2) is 7.82. The van der Waals surface area contributed by atoms with E-state index in [1.54, 1.807) is 24.3 Å². The van der Waals surface area contributed by atoms with Crippen LogP contribution in [0.1, 0.15) is 34.2 Å². The molecule has 0 aliphatic rings. The largest absolute Gasteiger partial charge is 0.396 e. The minimum absolute atomic E-state index is 0.0157. The summed E-state index contributed by atoms with van der Waals surface area (Å²) >= 11 is 0. The zero-order valence-corrected chi connectivity index (χ0v) is 12.4. The van der Waals surface area contributed by atoms with Gasteiger partial charge in [-0.15, -0.1) is 0 Å². The van der Waals surface area contributed by atoms with Gasteiger partial charge in [-0.2, -0.15) is 0 Å². The Morgan fingerprint density at radius 3 is 2.57 bits per heavy atom. The predicted molar refractivity (Wildman–Crippen MR) is 83.4 cm³/mol. The van der Waals surface area contributed by atoms with E-state index in [0.717, 1.165) is 0 Å². The van der Waals surface area contributed by atoms with Gasteiger partial charge in [0, 0.05) is 23.4 Å². The fraction of sp³-hybridized carbons (Fsp3) is 0.235. The van der Waals surface area contributed by atoms with Crippen molar-refractivity contribution in [2.75, 3.05) is 11.9 Å². The van der Waals surface area contributed by atoms with Crippen LogP contribution in [0.2, 0.25) is 0 Å². The van der Waals surface area contributed by atoms with E-state index in [1.165, 1.54) is 18.2 Å². The number of anilines is 1. The number of hydrogen-bond donors (Lipinski definition) is 4. The van der Waals surface area contributed by atoms with Crippen LogP contribution in [0.5, 0.6) is 0 Å². The molecule has 1 amide bonds. The molecule has 0 aliphatic carbocycles. The molecule has 0 atom stereocenters. The third kappa shape index (κ3) is 4.35. The van der Waals surface area contributed by atoms with Gasteiger partial charge < -0.3 is 20.6 Å². The van der Waals surface area contributed by atoms with Gasteiger partial charge >= 0.3 is 0 Å². The molecular weight excluding hydrogens is 301 g/mol. The molecule has 2 aromatic rings. The maximum atomic E-state index is 13.9. The first-order valence-electron chi connectivity index (χ1n) is 7.18. The smallest absolute Gasteiger partial charge is 0.256 e. The lowest BCUT2D eigenvalue weighted by Crippen LogP contribution is -2.16. The number of aryl methyl sites for hydroxylation is 1. The summed E-state index contributed by atoms with van der Waals surface area (Å²) < 4.78 is 13.9. The highest BCUT2D eigenvalue weighted by atomic mass is 19.1. The summed E-state index contributed by atoms with van der Waals surface area (Å²) in [5, 5.41) is 29.9. The molecule has 4 N–H and O–H groups in total. The number of carbonyl (C=O) groups is 1. The maximum absolute atomic E-state index is 13.9. The van der Waals surface area contributed by atoms with Gasteiger partial charge in [0.1, 0.15) is 5.82 Å². The predicted octanol–water partition coefficient (Wildman–Crippen LogP) is 1.99. The molecular formula is C17H18FNO4. The summed E-state index contributed by atoms with van der Waals surface area (Å²) in [6.45, 7) is -0.0157. The summed E-state index contributed by atoms with van der Waals surface area (Å²) in [4.78, 5) is 12.2. The summed E-state index contributed by atoms with van der Waals surface area (Å²) in [7, 11) is 0. The highest BCUT2D eigenvalue weighted by molar-refractivity contribution is 6.05. The molecule has 0 spiro atoms. The zero-order chi connectivity index (χ0) is 16.8. The van der Waals surface area contributed by atoms with Crippen LogP contribution < -0.4 is 5.32 Å². The summed E-state index contributed by atoms with van der Waals surface area (Å²) in [6, 6.07) is 10.4. The molecule has 23 heavy (non-hydrogen) atoms. The molecule has 0 saturated carbocycles. The summed E-state index contributed by atoms with van der Waals surface area (Å²) in [5.74, 6) is -1.03. The van der Waals surface area contributed by atoms with E-state index in [0.29, 0.717) is 18.4 Å². The minimum Gasteiger partial charge on any atom is -0.396 e. The maximum Gasteiger partial charge on any atom is 0.256 e. The molecule has 0 aliphatic heterocycles. The van der Waals surface area contributed by atoms with Crippen molar-refractivity contribution in [2.45, 2.75) is 19.1 Å². The van der Waals surface area contributed by atoms with Crippen molar-refractivity contribution >= 4 is 11.6 Å². The van der Waals surface area contributed by atoms with Crippen LogP contribution >= 0.6 is 0 Å². The highest BCUT2D eigenvalue weighted by Crippen LogP contribution is 2.20. The van der Waals surface area contributed by atoms with Crippen LogP contribution in [0.4, 0.5) is 10.1 Å². The molecule has 2 rings (SSSR count). The van der Waals surface area contributed by atoms with Crippen LogP contribution in [0.25, 0.3) is 0 Å². The van der Waals surface area contributed by atoms with Gasteiger partial charge in [0.25, 0.3) is 5.91 Å². The molecule has 0 heterocycles. The topological polar surface area (TPSA) is 89.8 Å². The van der Waals surface area contributed by atoms with Gasteiger partial charge in [-0.1, -0.05) is 24.3 Å². The molecule has 0 fully saturated rings. The highest BCUT2D eigenvalue weighted by Gasteiger charge is 2.15. The quantitative estimate of drug-likeness (QED) is 0.613. The molecule has 0 unspecified atom stereocenters. The number of rotatable bonds is 6. The molecule has 0 saturated heterocycles. The second-order valence-corrected chi connectivity index (χ2v) is 5.05. The van der Waals surface area contributed by atoms with Crippen LogP contribution in [0.15, 0.2) is 42.5 Å². The van der Waals surface area contributed by atoms with Crippen LogP contribution in [-0.2, 0) is 6.42 Å². The summed E-state index contributed by atoms with van der Waals surface area (Å²) in [6.07, 6.45) is -0.893. The minimum atomic E-state index is -1.77. The number of halogens is 1. The number of amides is 1. The van der Waals surface area contributed by atoms with Gasteiger partial charge in [0.2, 0.25) is 0 Å². The standard InChI is InChI=1S/C17H18FNO4/c18-15-10-12(8-7-11(15)4-3-9-20)19-16(21)13-5-1-2-6-14(13)17(22)23/h1-2,5-8,10,17,20,22-23H,3-4,9H2,(H,19,21). The Morgan fingerprint density at radius 1 is 1.17 bits per heavy atom. The van der Waals surface area contributed by atoms with Crippen LogP contribution in [0, 0.1) is 5.82 Å². The molecule has 0 bridgehead atoms. The van der Waals surface area contributed by atoms with Gasteiger partial charge in [-0.05, 0) is 36.6 Å². The van der Waals surface area contributed by atoms with E-state index in [4.69, 9.17) is 5.11 Å². The van der Waals surface area contributed by atoms with Crippen molar-refractivity contribution in [1.82, 2.24) is 0 Å². The van der Waals surface area contributed by atoms with Crippen molar-refractivity contribution in [3.8, 4) is 0 Å².